The van der Waals surface area contributed by atoms with Crippen LogP contribution in [-0.2, 0) is 22.4 Å². The van der Waals surface area contributed by atoms with E-state index in [-0.39, 0.29) is 17.1 Å². The number of benzene rings is 1. The van der Waals surface area contributed by atoms with Gasteiger partial charge in [0.2, 0.25) is 5.91 Å². The van der Waals surface area contributed by atoms with Gasteiger partial charge in [-0.1, -0.05) is 11.6 Å². The van der Waals surface area contributed by atoms with Crippen LogP contribution in [0, 0.1) is 0 Å². The van der Waals surface area contributed by atoms with E-state index in [1.807, 2.05) is 19.1 Å². The Morgan fingerprint density at radius 2 is 2.00 bits per heavy atom. The Morgan fingerprint density at radius 1 is 1.28 bits per heavy atom. The number of rotatable bonds is 5. The van der Waals surface area contributed by atoms with Gasteiger partial charge in [-0.2, -0.15) is 0 Å². The van der Waals surface area contributed by atoms with Crippen LogP contribution in [0.25, 0.3) is 0 Å². The number of carbonyl (C=O) groups is 2. The molecule has 1 heterocycles. The normalized spacial score (nSPS) is 14.0. The summed E-state index contributed by atoms with van der Waals surface area (Å²) in [6, 6.07) is 7.37. The molecule has 1 aromatic carbocycles. The van der Waals surface area contributed by atoms with Crippen molar-refractivity contribution in [3.8, 4) is 0 Å². The predicted molar refractivity (Wildman–Crippen MR) is 103 cm³/mol. The number of carbonyl (C=O) groups excluding carboxylic acids is 2. The van der Waals surface area contributed by atoms with Gasteiger partial charge in [-0.25, -0.2) is 4.79 Å². The smallest absolute Gasteiger partial charge is 0.341 e. The van der Waals surface area contributed by atoms with Crippen molar-refractivity contribution in [3.63, 3.8) is 0 Å². The van der Waals surface area contributed by atoms with Crippen molar-refractivity contribution in [1.82, 2.24) is 0 Å². The summed E-state index contributed by atoms with van der Waals surface area (Å²) < 4.78 is 4.91. The van der Waals surface area contributed by atoms with Crippen molar-refractivity contribution in [2.45, 2.75) is 36.3 Å². The van der Waals surface area contributed by atoms with Crippen LogP contribution in [0.1, 0.15) is 34.1 Å². The molecular formula is C18H18ClNO3S2. The highest BCUT2D eigenvalue weighted by molar-refractivity contribution is 8.00. The first-order valence-electron chi connectivity index (χ1n) is 7.95. The van der Waals surface area contributed by atoms with Crippen molar-refractivity contribution >= 4 is 51.6 Å². The Bertz CT molecular complexity index is 801. The summed E-state index contributed by atoms with van der Waals surface area (Å²) in [7, 11) is 1.37. The lowest BCUT2D eigenvalue weighted by Crippen LogP contribution is -2.23. The van der Waals surface area contributed by atoms with E-state index in [4.69, 9.17) is 16.3 Å². The molecule has 0 fully saturated rings. The topological polar surface area (TPSA) is 55.4 Å². The first kappa shape index (κ1) is 18.3. The lowest BCUT2D eigenvalue weighted by molar-refractivity contribution is -0.115. The SMILES string of the molecule is COC(=O)c1c(NC(=O)[C@@H](C)Sc2ccc(Cl)cc2)sc2c1CCC2. The average molecular weight is 396 g/mol. The van der Waals surface area contributed by atoms with Crippen molar-refractivity contribution in [2.24, 2.45) is 0 Å². The highest BCUT2D eigenvalue weighted by Crippen LogP contribution is 2.39. The van der Waals surface area contributed by atoms with E-state index < -0.39 is 0 Å². The van der Waals surface area contributed by atoms with Crippen LogP contribution >= 0.6 is 34.7 Å². The molecule has 1 N–H and O–H groups in total. The van der Waals surface area contributed by atoms with Crippen LogP contribution in [0.5, 0.6) is 0 Å². The Morgan fingerprint density at radius 3 is 2.68 bits per heavy atom. The molecule has 0 saturated carbocycles. The maximum absolute atomic E-state index is 12.6. The van der Waals surface area contributed by atoms with Gasteiger partial charge >= 0.3 is 5.97 Å². The van der Waals surface area contributed by atoms with Gasteiger partial charge in [0.15, 0.2) is 0 Å². The van der Waals surface area contributed by atoms with Crippen molar-refractivity contribution < 1.29 is 14.3 Å². The van der Waals surface area contributed by atoms with Crippen molar-refractivity contribution in [1.29, 1.82) is 0 Å². The summed E-state index contributed by atoms with van der Waals surface area (Å²) in [6.45, 7) is 1.84. The fourth-order valence-corrected chi connectivity index (χ4v) is 5.07. The zero-order chi connectivity index (χ0) is 18.0. The van der Waals surface area contributed by atoms with Gasteiger partial charge in [0.05, 0.1) is 17.9 Å². The van der Waals surface area contributed by atoms with E-state index in [9.17, 15) is 9.59 Å². The summed E-state index contributed by atoms with van der Waals surface area (Å²) in [5.74, 6) is -0.516. The molecule has 1 amide bonds. The van der Waals surface area contributed by atoms with E-state index in [0.717, 1.165) is 29.7 Å². The number of amides is 1. The third-order valence-corrected chi connectivity index (χ3v) is 6.61. The lowest BCUT2D eigenvalue weighted by Gasteiger charge is -2.12. The third kappa shape index (κ3) is 4.02. The molecule has 1 aliphatic carbocycles. The van der Waals surface area contributed by atoms with Gasteiger partial charge in [-0.3, -0.25) is 4.79 Å². The van der Waals surface area contributed by atoms with E-state index in [1.54, 1.807) is 12.1 Å². The number of halogens is 1. The molecule has 4 nitrogen and oxygen atoms in total. The molecule has 3 rings (SSSR count). The number of fused-ring (bicyclic) bond motifs is 1. The van der Waals surface area contributed by atoms with E-state index in [1.165, 1.54) is 35.1 Å². The minimum Gasteiger partial charge on any atom is -0.465 e. The molecule has 132 valence electrons. The minimum atomic E-state index is -0.382. The number of esters is 1. The quantitative estimate of drug-likeness (QED) is 0.583. The number of hydrogen-bond donors (Lipinski definition) is 1. The third-order valence-electron chi connectivity index (χ3n) is 4.04. The number of aryl methyl sites for hydroxylation is 1. The molecule has 25 heavy (non-hydrogen) atoms. The van der Waals surface area contributed by atoms with Crippen LogP contribution in [-0.4, -0.2) is 24.2 Å². The Hall–Kier alpha value is -1.50. The summed E-state index contributed by atoms with van der Waals surface area (Å²) in [6.07, 6.45) is 2.86. The van der Waals surface area contributed by atoms with Gasteiger partial charge in [-0.05, 0) is 56.0 Å². The van der Waals surface area contributed by atoms with Crippen LogP contribution in [0.15, 0.2) is 29.2 Å². The molecule has 1 atom stereocenters. The van der Waals surface area contributed by atoms with E-state index in [2.05, 4.69) is 5.32 Å². The van der Waals surface area contributed by atoms with Crippen LogP contribution in [0.2, 0.25) is 5.02 Å². The average Bonchev–Trinajstić information content (AvgIpc) is 3.16. The second-order valence-electron chi connectivity index (χ2n) is 5.76. The molecule has 0 bridgehead atoms. The number of anilines is 1. The number of methoxy groups -OCH3 is 1. The zero-order valence-corrected chi connectivity index (χ0v) is 16.3. The fourth-order valence-electron chi connectivity index (χ4n) is 2.79. The molecular weight excluding hydrogens is 378 g/mol. The first-order valence-corrected chi connectivity index (χ1v) is 10.0. The summed E-state index contributed by atoms with van der Waals surface area (Å²) in [5, 5.41) is 3.88. The van der Waals surface area contributed by atoms with Crippen LogP contribution in [0.3, 0.4) is 0 Å². The summed E-state index contributed by atoms with van der Waals surface area (Å²) in [4.78, 5) is 26.9. The molecule has 0 aliphatic heterocycles. The number of ether oxygens (including phenoxy) is 1. The summed E-state index contributed by atoms with van der Waals surface area (Å²) >= 11 is 8.82. The molecule has 0 unspecified atom stereocenters. The maximum Gasteiger partial charge on any atom is 0.341 e. The van der Waals surface area contributed by atoms with Gasteiger partial charge in [0, 0.05) is 14.8 Å². The molecule has 7 heteroatoms. The zero-order valence-electron chi connectivity index (χ0n) is 13.9. The number of thioether (sulfide) groups is 1. The molecule has 0 radical (unpaired) electrons. The molecule has 1 aliphatic rings. The Balaban J connectivity index is 1.74. The predicted octanol–water partition coefficient (Wildman–Crippen LogP) is 4.80. The molecule has 1 aromatic heterocycles. The molecule has 0 spiro atoms. The van der Waals surface area contributed by atoms with Crippen molar-refractivity contribution in [2.75, 3.05) is 12.4 Å². The summed E-state index contributed by atoms with van der Waals surface area (Å²) in [5.41, 5.74) is 1.56. The Kier molecular flexibility index (Phi) is 5.71. The fraction of sp³-hybridized carbons (Fsp3) is 0.333. The maximum atomic E-state index is 12.6. The highest BCUT2D eigenvalue weighted by atomic mass is 35.5. The minimum absolute atomic E-state index is 0.134. The monoisotopic (exact) mass is 395 g/mol. The lowest BCUT2D eigenvalue weighted by atomic mass is 10.1. The largest absolute Gasteiger partial charge is 0.465 e. The first-order chi connectivity index (χ1) is 12.0. The molecule has 2 aromatic rings. The van der Waals surface area contributed by atoms with Gasteiger partial charge in [0.1, 0.15) is 5.00 Å². The molecule has 0 saturated heterocycles. The number of thiophene rings is 1. The van der Waals surface area contributed by atoms with Crippen molar-refractivity contribution in [3.05, 3.63) is 45.3 Å². The second kappa shape index (κ2) is 7.81. The number of hydrogen-bond acceptors (Lipinski definition) is 5. The highest BCUT2D eigenvalue weighted by Gasteiger charge is 2.28. The van der Waals surface area contributed by atoms with Crippen LogP contribution < -0.4 is 5.32 Å². The number of nitrogens with one attached hydrogen (secondary N) is 1. The van der Waals surface area contributed by atoms with Gasteiger partial charge < -0.3 is 10.1 Å². The second-order valence-corrected chi connectivity index (χ2v) is 8.71. The van der Waals surface area contributed by atoms with Gasteiger partial charge in [0.25, 0.3) is 0 Å². The van der Waals surface area contributed by atoms with Gasteiger partial charge in [-0.15, -0.1) is 23.1 Å². The van der Waals surface area contributed by atoms with E-state index in [0.29, 0.717) is 15.6 Å². The van der Waals surface area contributed by atoms with Crippen LogP contribution in [0.4, 0.5) is 5.00 Å². The van der Waals surface area contributed by atoms with E-state index >= 15 is 0 Å². The standard InChI is InChI=1S/C18H18ClNO3S2/c1-10(24-12-8-6-11(19)7-9-12)16(21)20-17-15(18(22)23-2)13-4-3-5-14(13)25-17/h6-10H,3-5H2,1-2H3,(H,20,21)/t10-/m1/s1. The Labute approximate surface area is 159 Å².